The highest BCUT2D eigenvalue weighted by molar-refractivity contribution is 7.80. The summed E-state index contributed by atoms with van der Waals surface area (Å²) in [6.45, 7) is 0. The smallest absolute Gasteiger partial charge is 0.160 e. The molecule has 0 bridgehead atoms. The monoisotopic (exact) mass is 228 g/mol. The minimum absolute atomic E-state index is 0.646. The Bertz CT molecular complexity index is 476. The molecule has 1 aromatic heterocycles. The van der Waals surface area contributed by atoms with E-state index in [0.717, 1.165) is 21.3 Å². The lowest BCUT2D eigenvalue weighted by atomic mass is 10.2. The number of thiol groups is 1. The molecule has 0 saturated heterocycles. The normalized spacial score (nSPS) is 10.6. The average molecular weight is 229 g/mol. The van der Waals surface area contributed by atoms with Crippen LogP contribution in [-0.2, 0) is 0 Å². The van der Waals surface area contributed by atoms with E-state index in [-0.39, 0.29) is 0 Å². The van der Waals surface area contributed by atoms with Crippen LogP contribution in [0.5, 0.6) is 0 Å². The molecule has 0 saturated carbocycles. The first-order valence-corrected chi connectivity index (χ1v) is 5.22. The van der Waals surface area contributed by atoms with Gasteiger partial charge < -0.3 is 0 Å². The Labute approximate surface area is 89.7 Å². The first-order chi connectivity index (χ1) is 6.20. The van der Waals surface area contributed by atoms with Gasteiger partial charge in [-0.3, -0.25) is 4.79 Å². The molecule has 1 heterocycles. The summed E-state index contributed by atoms with van der Waals surface area (Å²) in [4.78, 5) is 12.0. The average Bonchev–Trinajstić information content (AvgIpc) is 2.47. The second-order valence-electron chi connectivity index (χ2n) is 2.61. The van der Waals surface area contributed by atoms with Gasteiger partial charge in [0.25, 0.3) is 0 Å². The zero-order chi connectivity index (χ0) is 9.42. The molecule has 2 rings (SSSR count). The zero-order valence-corrected chi connectivity index (χ0v) is 8.92. The van der Waals surface area contributed by atoms with Gasteiger partial charge in [0.2, 0.25) is 0 Å². The number of carbonyl (C=O) groups is 1. The van der Waals surface area contributed by atoms with Gasteiger partial charge in [0.1, 0.15) is 0 Å². The van der Waals surface area contributed by atoms with Gasteiger partial charge in [-0.1, -0.05) is 11.6 Å². The quantitative estimate of drug-likeness (QED) is 0.582. The number of carbonyl (C=O) groups excluding carboxylic acids is 1. The lowest BCUT2D eigenvalue weighted by molar-refractivity contribution is 0.112. The number of hydrogen-bond acceptors (Lipinski definition) is 3. The predicted molar refractivity (Wildman–Crippen MR) is 59.5 cm³/mol. The predicted octanol–water partition coefficient (Wildman–Crippen LogP) is 3.66. The number of halogens is 1. The molecule has 0 unspecified atom stereocenters. The number of fused-ring (bicyclic) bond motifs is 1. The van der Waals surface area contributed by atoms with Gasteiger partial charge >= 0.3 is 0 Å². The molecule has 0 aliphatic carbocycles. The first-order valence-electron chi connectivity index (χ1n) is 3.58. The maximum atomic E-state index is 10.5. The summed E-state index contributed by atoms with van der Waals surface area (Å²) in [5.74, 6) is 0. The second kappa shape index (κ2) is 3.33. The third kappa shape index (κ3) is 1.59. The lowest BCUT2D eigenvalue weighted by Gasteiger charge is -1.94. The molecule has 1 aromatic carbocycles. The summed E-state index contributed by atoms with van der Waals surface area (Å²) in [6, 6.07) is 5.43. The van der Waals surface area contributed by atoms with E-state index in [4.69, 9.17) is 11.6 Å². The van der Waals surface area contributed by atoms with Crippen LogP contribution in [0.2, 0.25) is 5.02 Å². The number of rotatable bonds is 1. The standard InChI is InChI=1S/C9H5ClOS2/c10-6-1-5-2-7(4-11)13-9(5)8(12)3-6/h1-4,12H. The van der Waals surface area contributed by atoms with Gasteiger partial charge in [-0.25, -0.2) is 0 Å². The Morgan fingerprint density at radius 2 is 2.15 bits per heavy atom. The van der Waals surface area contributed by atoms with Gasteiger partial charge in [-0.05, 0) is 23.6 Å². The van der Waals surface area contributed by atoms with Crippen molar-refractivity contribution in [2.45, 2.75) is 4.90 Å². The van der Waals surface area contributed by atoms with E-state index < -0.39 is 0 Å². The Balaban J connectivity index is 2.82. The number of hydrogen-bond donors (Lipinski definition) is 1. The summed E-state index contributed by atoms with van der Waals surface area (Å²) in [7, 11) is 0. The van der Waals surface area contributed by atoms with Crippen LogP contribution in [0.4, 0.5) is 0 Å². The minimum Gasteiger partial charge on any atom is -0.297 e. The van der Waals surface area contributed by atoms with E-state index in [9.17, 15) is 4.79 Å². The van der Waals surface area contributed by atoms with Crippen molar-refractivity contribution in [2.75, 3.05) is 0 Å². The minimum atomic E-state index is 0.646. The lowest BCUT2D eigenvalue weighted by Crippen LogP contribution is -1.67. The van der Waals surface area contributed by atoms with Crippen molar-refractivity contribution in [2.24, 2.45) is 0 Å². The van der Waals surface area contributed by atoms with E-state index in [1.165, 1.54) is 11.3 Å². The molecule has 0 radical (unpaired) electrons. The van der Waals surface area contributed by atoms with Crippen molar-refractivity contribution in [3.8, 4) is 0 Å². The van der Waals surface area contributed by atoms with Crippen LogP contribution in [0.1, 0.15) is 9.67 Å². The highest BCUT2D eigenvalue weighted by atomic mass is 35.5. The Hall–Kier alpha value is -0.510. The Morgan fingerprint density at radius 3 is 2.85 bits per heavy atom. The summed E-state index contributed by atoms with van der Waals surface area (Å²) >= 11 is 11.6. The third-order valence-electron chi connectivity index (χ3n) is 1.70. The number of aldehydes is 1. The van der Waals surface area contributed by atoms with E-state index in [1.807, 2.05) is 12.1 Å². The van der Waals surface area contributed by atoms with E-state index in [1.54, 1.807) is 6.07 Å². The Morgan fingerprint density at radius 1 is 1.38 bits per heavy atom. The molecule has 0 aliphatic rings. The molecule has 2 aromatic rings. The van der Waals surface area contributed by atoms with Crippen LogP contribution < -0.4 is 0 Å². The van der Waals surface area contributed by atoms with Gasteiger partial charge in [0, 0.05) is 14.6 Å². The number of benzene rings is 1. The molecule has 66 valence electrons. The van der Waals surface area contributed by atoms with E-state index in [2.05, 4.69) is 12.6 Å². The van der Waals surface area contributed by atoms with Crippen LogP contribution in [0.3, 0.4) is 0 Å². The Kier molecular flexibility index (Phi) is 2.32. The maximum absolute atomic E-state index is 10.5. The molecule has 0 atom stereocenters. The fourth-order valence-corrected chi connectivity index (χ4v) is 2.75. The molecular weight excluding hydrogens is 224 g/mol. The molecule has 1 nitrogen and oxygen atoms in total. The van der Waals surface area contributed by atoms with Crippen LogP contribution in [-0.4, -0.2) is 6.29 Å². The van der Waals surface area contributed by atoms with E-state index >= 15 is 0 Å². The zero-order valence-electron chi connectivity index (χ0n) is 6.45. The second-order valence-corrected chi connectivity index (χ2v) is 4.61. The maximum Gasteiger partial charge on any atom is 0.160 e. The summed E-state index contributed by atoms with van der Waals surface area (Å²) in [5.41, 5.74) is 0. The van der Waals surface area contributed by atoms with Gasteiger partial charge in [-0.2, -0.15) is 0 Å². The summed E-state index contributed by atoms with van der Waals surface area (Å²) in [5, 5.41) is 1.62. The molecule has 4 heteroatoms. The van der Waals surface area contributed by atoms with Crippen molar-refractivity contribution >= 4 is 51.9 Å². The van der Waals surface area contributed by atoms with Crippen LogP contribution in [0.25, 0.3) is 10.1 Å². The topological polar surface area (TPSA) is 17.1 Å². The fraction of sp³-hybridized carbons (Fsp3) is 0. The summed E-state index contributed by atoms with van der Waals surface area (Å²) < 4.78 is 1.01. The van der Waals surface area contributed by atoms with Crippen molar-refractivity contribution in [1.29, 1.82) is 0 Å². The van der Waals surface area contributed by atoms with Crippen LogP contribution in [0.15, 0.2) is 23.1 Å². The molecule has 0 fully saturated rings. The highest BCUT2D eigenvalue weighted by Crippen LogP contribution is 2.32. The van der Waals surface area contributed by atoms with E-state index in [0.29, 0.717) is 9.90 Å². The van der Waals surface area contributed by atoms with Gasteiger partial charge in [-0.15, -0.1) is 24.0 Å². The molecule has 0 spiro atoms. The van der Waals surface area contributed by atoms with Crippen molar-refractivity contribution in [3.05, 3.63) is 28.1 Å². The van der Waals surface area contributed by atoms with Crippen molar-refractivity contribution in [3.63, 3.8) is 0 Å². The third-order valence-corrected chi connectivity index (χ3v) is 3.53. The molecular formula is C9H5ClOS2. The van der Waals surface area contributed by atoms with Crippen LogP contribution >= 0.6 is 35.6 Å². The van der Waals surface area contributed by atoms with Gasteiger partial charge in [0.05, 0.1) is 4.88 Å². The van der Waals surface area contributed by atoms with Crippen LogP contribution in [0, 0.1) is 0 Å². The highest BCUT2D eigenvalue weighted by Gasteiger charge is 2.05. The largest absolute Gasteiger partial charge is 0.297 e. The van der Waals surface area contributed by atoms with Crippen molar-refractivity contribution in [1.82, 2.24) is 0 Å². The SMILES string of the molecule is O=Cc1cc2cc(Cl)cc(S)c2s1. The van der Waals surface area contributed by atoms with Gasteiger partial charge in [0.15, 0.2) is 6.29 Å². The van der Waals surface area contributed by atoms with Crippen molar-refractivity contribution < 1.29 is 4.79 Å². The molecule has 0 N–H and O–H groups in total. The summed E-state index contributed by atoms with van der Waals surface area (Å²) in [6.07, 6.45) is 0.839. The molecule has 0 amide bonds. The first kappa shape index (κ1) is 9.06. The number of thiophene rings is 1. The fourth-order valence-electron chi connectivity index (χ4n) is 1.18. The molecule has 13 heavy (non-hydrogen) atoms. The molecule has 0 aliphatic heterocycles.